The number of hydrogen-bond donors (Lipinski definition) is 2. The van der Waals surface area contributed by atoms with Crippen LogP contribution in [0.15, 0.2) is 18.2 Å². The zero-order chi connectivity index (χ0) is 15.3. The number of nitrogen functional groups attached to an aromatic ring is 1. The fourth-order valence-electron chi connectivity index (χ4n) is 1.49. The molecule has 0 heterocycles. The lowest BCUT2D eigenvalue weighted by molar-refractivity contribution is -0.137. The molecule has 1 atom stereocenters. The number of halogens is 3. The van der Waals surface area contributed by atoms with E-state index in [1.54, 1.807) is 0 Å². The van der Waals surface area contributed by atoms with Crippen molar-refractivity contribution in [3.05, 3.63) is 23.8 Å². The van der Waals surface area contributed by atoms with Gasteiger partial charge in [0.05, 0.1) is 16.9 Å². The average molecular weight is 308 g/mol. The van der Waals surface area contributed by atoms with Gasteiger partial charge in [0.1, 0.15) is 5.75 Å². The lowest BCUT2D eigenvalue weighted by Gasteiger charge is -2.11. The zero-order valence-corrected chi connectivity index (χ0v) is 11.6. The van der Waals surface area contributed by atoms with Crippen molar-refractivity contribution in [3.8, 4) is 0 Å². The van der Waals surface area contributed by atoms with Gasteiger partial charge in [0.25, 0.3) is 0 Å². The fourth-order valence-corrected chi connectivity index (χ4v) is 2.45. The number of rotatable bonds is 5. The van der Waals surface area contributed by atoms with Gasteiger partial charge in [-0.25, -0.2) is 0 Å². The minimum atomic E-state index is -4.49. The van der Waals surface area contributed by atoms with E-state index in [-0.39, 0.29) is 17.1 Å². The van der Waals surface area contributed by atoms with Gasteiger partial charge in [-0.05, 0) is 24.6 Å². The van der Waals surface area contributed by atoms with E-state index in [0.29, 0.717) is 12.2 Å². The smallest absolute Gasteiger partial charge is 0.397 e. The van der Waals surface area contributed by atoms with Crippen LogP contribution in [0.1, 0.15) is 18.9 Å². The van der Waals surface area contributed by atoms with Gasteiger partial charge < -0.3 is 11.1 Å². The van der Waals surface area contributed by atoms with Crippen LogP contribution >= 0.6 is 0 Å². The van der Waals surface area contributed by atoms with E-state index < -0.39 is 28.4 Å². The summed E-state index contributed by atoms with van der Waals surface area (Å²) in [4.78, 5) is 11.5. The molecule has 0 aliphatic carbocycles. The minimum absolute atomic E-state index is 0.0801. The van der Waals surface area contributed by atoms with Crippen LogP contribution in [-0.2, 0) is 21.8 Å². The zero-order valence-electron chi connectivity index (χ0n) is 10.8. The average Bonchev–Trinajstić information content (AvgIpc) is 2.30. The Labute approximate surface area is 117 Å². The number of carbonyl (C=O) groups excluding carboxylic acids is 1. The summed E-state index contributed by atoms with van der Waals surface area (Å²) in [5.41, 5.74) is 4.47. The second-order valence-corrected chi connectivity index (χ2v) is 5.71. The van der Waals surface area contributed by atoms with Gasteiger partial charge in [-0.1, -0.05) is 6.92 Å². The number of amides is 1. The maximum Gasteiger partial charge on any atom is 0.416 e. The predicted molar refractivity (Wildman–Crippen MR) is 72.7 cm³/mol. The van der Waals surface area contributed by atoms with Crippen LogP contribution in [0.4, 0.5) is 24.5 Å². The Morgan fingerprint density at radius 3 is 2.55 bits per heavy atom. The van der Waals surface area contributed by atoms with E-state index >= 15 is 0 Å². The van der Waals surface area contributed by atoms with Crippen molar-refractivity contribution in [2.75, 3.05) is 22.6 Å². The number of anilines is 2. The molecule has 3 N–H and O–H groups in total. The first-order chi connectivity index (χ1) is 9.24. The first kappa shape index (κ1) is 16.5. The van der Waals surface area contributed by atoms with Gasteiger partial charge in [-0.2, -0.15) is 13.2 Å². The molecule has 4 nitrogen and oxygen atoms in total. The normalized spacial score (nSPS) is 13.0. The molecule has 0 bridgehead atoms. The fraction of sp³-hybridized carbons (Fsp3) is 0.417. The largest absolute Gasteiger partial charge is 0.416 e. The quantitative estimate of drug-likeness (QED) is 0.820. The number of nitrogens with two attached hydrogens (primary N) is 1. The van der Waals surface area contributed by atoms with Crippen LogP contribution in [0.5, 0.6) is 0 Å². The molecule has 1 amide bonds. The van der Waals surface area contributed by atoms with E-state index in [2.05, 4.69) is 5.32 Å². The molecule has 1 rings (SSSR count). The molecule has 1 aromatic carbocycles. The lowest BCUT2D eigenvalue weighted by Crippen LogP contribution is -2.21. The first-order valence-electron chi connectivity index (χ1n) is 5.85. The Morgan fingerprint density at radius 1 is 1.40 bits per heavy atom. The maximum atomic E-state index is 12.4. The summed E-state index contributed by atoms with van der Waals surface area (Å²) in [7, 11) is -1.28. The summed E-state index contributed by atoms with van der Waals surface area (Å²) in [5, 5.41) is 2.35. The Hall–Kier alpha value is -1.57. The SMILES string of the molecule is CCCS(=O)CC(=O)Nc1ccc(C(F)(F)F)cc1N. The highest BCUT2D eigenvalue weighted by molar-refractivity contribution is 7.85. The number of hydrogen-bond acceptors (Lipinski definition) is 3. The topological polar surface area (TPSA) is 72.2 Å². The molecule has 1 unspecified atom stereocenters. The second-order valence-electron chi connectivity index (χ2n) is 4.14. The first-order valence-corrected chi connectivity index (χ1v) is 7.34. The lowest BCUT2D eigenvalue weighted by atomic mass is 10.1. The number of carbonyl (C=O) groups is 1. The molecule has 20 heavy (non-hydrogen) atoms. The Balaban J connectivity index is 2.74. The van der Waals surface area contributed by atoms with Crippen molar-refractivity contribution < 1.29 is 22.2 Å². The van der Waals surface area contributed by atoms with Gasteiger partial charge in [0, 0.05) is 16.6 Å². The van der Waals surface area contributed by atoms with Crippen molar-refractivity contribution in [2.24, 2.45) is 0 Å². The van der Waals surface area contributed by atoms with Crippen LogP contribution < -0.4 is 11.1 Å². The van der Waals surface area contributed by atoms with E-state index in [0.717, 1.165) is 18.2 Å². The van der Waals surface area contributed by atoms with Gasteiger partial charge >= 0.3 is 6.18 Å². The summed E-state index contributed by atoms with van der Waals surface area (Å²) in [6, 6.07) is 2.66. The van der Waals surface area contributed by atoms with Crippen molar-refractivity contribution in [2.45, 2.75) is 19.5 Å². The van der Waals surface area contributed by atoms with Crippen LogP contribution in [0.25, 0.3) is 0 Å². The Morgan fingerprint density at radius 2 is 2.05 bits per heavy atom. The highest BCUT2D eigenvalue weighted by Crippen LogP contribution is 2.32. The molecular formula is C12H15F3N2O2S. The summed E-state index contributed by atoms with van der Waals surface area (Å²) in [6.45, 7) is 1.84. The van der Waals surface area contributed by atoms with Crippen LogP contribution in [-0.4, -0.2) is 21.6 Å². The van der Waals surface area contributed by atoms with Gasteiger partial charge in [0.2, 0.25) is 5.91 Å². The Bertz CT molecular complexity index is 518. The van der Waals surface area contributed by atoms with E-state index in [9.17, 15) is 22.2 Å². The summed E-state index contributed by atoms with van der Waals surface area (Å²) < 4.78 is 48.7. The third-order valence-electron chi connectivity index (χ3n) is 2.38. The third-order valence-corrected chi connectivity index (χ3v) is 3.82. The molecule has 1 aromatic rings. The molecule has 0 radical (unpaired) electrons. The maximum absolute atomic E-state index is 12.4. The van der Waals surface area contributed by atoms with Gasteiger partial charge in [-0.3, -0.25) is 9.00 Å². The van der Waals surface area contributed by atoms with Gasteiger partial charge in [-0.15, -0.1) is 0 Å². The molecule has 0 fully saturated rings. The van der Waals surface area contributed by atoms with Crippen molar-refractivity contribution in [1.82, 2.24) is 0 Å². The third kappa shape index (κ3) is 4.84. The molecular weight excluding hydrogens is 293 g/mol. The summed E-state index contributed by atoms with van der Waals surface area (Å²) in [6.07, 6.45) is -3.80. The van der Waals surface area contributed by atoms with Gasteiger partial charge in [0.15, 0.2) is 0 Å². The monoisotopic (exact) mass is 308 g/mol. The highest BCUT2D eigenvalue weighted by Gasteiger charge is 2.30. The molecule has 0 aliphatic heterocycles. The molecule has 0 spiro atoms. The standard InChI is InChI=1S/C12H15F3N2O2S/c1-2-5-20(19)7-11(18)17-10-4-3-8(6-9(10)16)12(13,14)15/h3-4,6H,2,5,7,16H2,1H3,(H,17,18). The van der Waals surface area contributed by atoms with Crippen molar-refractivity contribution in [1.29, 1.82) is 0 Å². The van der Waals surface area contributed by atoms with Crippen molar-refractivity contribution >= 4 is 28.1 Å². The summed E-state index contributed by atoms with van der Waals surface area (Å²) >= 11 is 0. The number of nitrogens with one attached hydrogen (secondary N) is 1. The van der Waals surface area contributed by atoms with Crippen molar-refractivity contribution in [3.63, 3.8) is 0 Å². The molecule has 112 valence electrons. The molecule has 0 aliphatic rings. The number of benzene rings is 1. The predicted octanol–water partition coefficient (Wildman–Crippen LogP) is 2.38. The molecule has 0 saturated carbocycles. The van der Waals surface area contributed by atoms with E-state index in [1.807, 2.05) is 6.92 Å². The summed E-state index contributed by atoms with van der Waals surface area (Å²) in [5.74, 6) is -0.340. The van der Waals surface area contributed by atoms with Crippen LogP contribution in [0.2, 0.25) is 0 Å². The number of alkyl halides is 3. The molecule has 0 saturated heterocycles. The molecule has 8 heteroatoms. The second kappa shape index (κ2) is 6.74. The van der Waals surface area contributed by atoms with E-state index in [1.165, 1.54) is 0 Å². The minimum Gasteiger partial charge on any atom is -0.397 e. The van der Waals surface area contributed by atoms with Crippen LogP contribution in [0.3, 0.4) is 0 Å². The van der Waals surface area contributed by atoms with E-state index in [4.69, 9.17) is 5.73 Å². The Kier molecular flexibility index (Phi) is 5.55. The van der Waals surface area contributed by atoms with Crippen LogP contribution in [0, 0.1) is 0 Å². The molecule has 0 aromatic heterocycles. The highest BCUT2D eigenvalue weighted by atomic mass is 32.2.